The number of hydrogen-bond acceptors (Lipinski definition) is 2. The summed E-state index contributed by atoms with van der Waals surface area (Å²) < 4.78 is 0. The lowest BCUT2D eigenvalue weighted by molar-refractivity contribution is 0.0998. The number of hydrogen-bond donors (Lipinski definition) is 0. The number of nitrogens with zero attached hydrogens (tertiary/aromatic N) is 1. The first-order chi connectivity index (χ1) is 5.74. The SMILES string of the molecule is C#CCC(=O)c1ccnc(C)c1. The van der Waals surface area contributed by atoms with Crippen molar-refractivity contribution >= 4 is 5.78 Å². The van der Waals surface area contributed by atoms with E-state index in [2.05, 4.69) is 10.9 Å². The lowest BCUT2D eigenvalue weighted by Crippen LogP contribution is -1.98. The van der Waals surface area contributed by atoms with Crippen LogP contribution < -0.4 is 0 Å². The highest BCUT2D eigenvalue weighted by atomic mass is 16.1. The summed E-state index contributed by atoms with van der Waals surface area (Å²) in [5, 5.41) is 0. The van der Waals surface area contributed by atoms with Gasteiger partial charge < -0.3 is 0 Å². The minimum absolute atomic E-state index is 0.0250. The molecule has 60 valence electrons. The van der Waals surface area contributed by atoms with Gasteiger partial charge in [0, 0.05) is 17.5 Å². The van der Waals surface area contributed by atoms with Crippen molar-refractivity contribution < 1.29 is 4.79 Å². The summed E-state index contributed by atoms with van der Waals surface area (Å²) in [7, 11) is 0. The van der Waals surface area contributed by atoms with Crippen LogP contribution in [0.25, 0.3) is 0 Å². The van der Waals surface area contributed by atoms with Gasteiger partial charge in [-0.1, -0.05) is 5.92 Å². The lowest BCUT2D eigenvalue weighted by Gasteiger charge is -1.96. The fourth-order valence-corrected chi connectivity index (χ4v) is 0.914. The van der Waals surface area contributed by atoms with Crippen LogP contribution >= 0.6 is 0 Å². The Bertz CT molecular complexity index is 336. The van der Waals surface area contributed by atoms with Gasteiger partial charge in [-0.05, 0) is 19.1 Å². The first-order valence-corrected chi connectivity index (χ1v) is 3.63. The van der Waals surface area contributed by atoms with E-state index in [1.807, 2.05) is 6.92 Å². The largest absolute Gasteiger partial charge is 0.293 e. The second-order valence-corrected chi connectivity index (χ2v) is 2.49. The van der Waals surface area contributed by atoms with Crippen LogP contribution in [0.15, 0.2) is 18.3 Å². The summed E-state index contributed by atoms with van der Waals surface area (Å²) in [5.41, 5.74) is 1.47. The number of Topliss-reactive ketones (excluding diaryl/α,β-unsaturated/α-hetero) is 1. The van der Waals surface area contributed by atoms with Gasteiger partial charge in [-0.25, -0.2) is 0 Å². The number of aromatic nitrogens is 1. The highest BCUT2D eigenvalue weighted by Crippen LogP contribution is 2.03. The van der Waals surface area contributed by atoms with Crippen LogP contribution in [0.1, 0.15) is 22.5 Å². The Morgan fingerprint density at radius 2 is 2.50 bits per heavy atom. The molecule has 0 spiro atoms. The van der Waals surface area contributed by atoms with Crippen molar-refractivity contribution in [3.05, 3.63) is 29.6 Å². The number of carbonyl (C=O) groups is 1. The number of rotatable bonds is 2. The average Bonchev–Trinajstić information content (AvgIpc) is 2.05. The molecule has 0 N–H and O–H groups in total. The Balaban J connectivity index is 2.90. The average molecular weight is 159 g/mol. The summed E-state index contributed by atoms with van der Waals surface area (Å²) in [5.74, 6) is 2.29. The van der Waals surface area contributed by atoms with E-state index in [0.717, 1.165) is 5.69 Å². The molecule has 0 saturated heterocycles. The maximum Gasteiger partial charge on any atom is 0.174 e. The summed E-state index contributed by atoms with van der Waals surface area (Å²) in [4.78, 5) is 15.2. The first kappa shape index (κ1) is 8.48. The highest BCUT2D eigenvalue weighted by molar-refractivity contribution is 5.97. The van der Waals surface area contributed by atoms with Crippen molar-refractivity contribution in [1.82, 2.24) is 4.98 Å². The van der Waals surface area contributed by atoms with E-state index >= 15 is 0 Å². The predicted octanol–water partition coefficient (Wildman–Crippen LogP) is 1.60. The van der Waals surface area contributed by atoms with E-state index in [0.29, 0.717) is 5.56 Å². The van der Waals surface area contributed by atoms with Crippen LogP contribution in [0.5, 0.6) is 0 Å². The van der Waals surface area contributed by atoms with E-state index in [9.17, 15) is 4.79 Å². The second-order valence-electron chi connectivity index (χ2n) is 2.49. The van der Waals surface area contributed by atoms with Gasteiger partial charge in [-0.3, -0.25) is 9.78 Å². The number of pyridine rings is 1. The van der Waals surface area contributed by atoms with E-state index < -0.39 is 0 Å². The third kappa shape index (κ3) is 1.93. The van der Waals surface area contributed by atoms with E-state index in [1.54, 1.807) is 18.3 Å². The van der Waals surface area contributed by atoms with Crippen LogP contribution in [0, 0.1) is 19.3 Å². The lowest BCUT2D eigenvalue weighted by atomic mass is 10.1. The molecule has 1 rings (SSSR count). The van der Waals surface area contributed by atoms with E-state index in [-0.39, 0.29) is 12.2 Å². The molecule has 0 aliphatic carbocycles. The Morgan fingerprint density at radius 1 is 1.75 bits per heavy atom. The third-order valence-corrected chi connectivity index (χ3v) is 1.48. The van der Waals surface area contributed by atoms with Gasteiger partial charge >= 0.3 is 0 Å². The zero-order valence-corrected chi connectivity index (χ0v) is 6.87. The smallest absolute Gasteiger partial charge is 0.174 e. The maximum atomic E-state index is 11.2. The molecule has 1 aromatic rings. The maximum absolute atomic E-state index is 11.2. The summed E-state index contributed by atoms with van der Waals surface area (Å²) >= 11 is 0. The van der Waals surface area contributed by atoms with Gasteiger partial charge in [0.05, 0.1) is 6.42 Å². The fraction of sp³-hybridized carbons (Fsp3) is 0.200. The van der Waals surface area contributed by atoms with Crippen LogP contribution in [0.2, 0.25) is 0 Å². The zero-order valence-electron chi connectivity index (χ0n) is 6.87. The minimum Gasteiger partial charge on any atom is -0.293 e. The molecule has 0 aliphatic rings. The van der Waals surface area contributed by atoms with Crippen molar-refractivity contribution in [2.45, 2.75) is 13.3 Å². The molecule has 0 radical (unpaired) electrons. The highest BCUT2D eigenvalue weighted by Gasteiger charge is 2.02. The Morgan fingerprint density at radius 3 is 3.08 bits per heavy atom. The summed E-state index contributed by atoms with van der Waals surface area (Å²) in [6, 6.07) is 3.41. The van der Waals surface area contributed by atoms with Crippen LogP contribution in [-0.4, -0.2) is 10.8 Å². The van der Waals surface area contributed by atoms with E-state index in [4.69, 9.17) is 6.42 Å². The standard InChI is InChI=1S/C10H9NO/c1-3-4-10(12)9-5-6-11-8(2)7-9/h1,5-7H,4H2,2H3. The van der Waals surface area contributed by atoms with Gasteiger partial charge in [-0.2, -0.15) is 0 Å². The van der Waals surface area contributed by atoms with Gasteiger partial charge in [0.2, 0.25) is 0 Å². The molecule has 0 amide bonds. The van der Waals surface area contributed by atoms with Gasteiger partial charge in [0.25, 0.3) is 0 Å². The quantitative estimate of drug-likeness (QED) is 0.484. The van der Waals surface area contributed by atoms with Gasteiger partial charge in [-0.15, -0.1) is 6.42 Å². The van der Waals surface area contributed by atoms with Crippen LogP contribution in [0.4, 0.5) is 0 Å². The Labute approximate surface area is 71.6 Å². The van der Waals surface area contributed by atoms with E-state index in [1.165, 1.54) is 0 Å². The molecule has 2 heteroatoms. The van der Waals surface area contributed by atoms with Crippen LogP contribution in [0.3, 0.4) is 0 Å². The molecule has 0 fully saturated rings. The predicted molar refractivity (Wildman–Crippen MR) is 46.8 cm³/mol. The monoisotopic (exact) mass is 159 g/mol. The molecular weight excluding hydrogens is 150 g/mol. The van der Waals surface area contributed by atoms with Crippen molar-refractivity contribution in [3.8, 4) is 12.3 Å². The second kappa shape index (κ2) is 3.68. The van der Waals surface area contributed by atoms with Crippen molar-refractivity contribution in [1.29, 1.82) is 0 Å². The van der Waals surface area contributed by atoms with Gasteiger partial charge in [0.15, 0.2) is 5.78 Å². The summed E-state index contributed by atoms with van der Waals surface area (Å²) in [6.07, 6.45) is 6.78. The van der Waals surface area contributed by atoms with Crippen molar-refractivity contribution in [3.63, 3.8) is 0 Å². The molecule has 0 aliphatic heterocycles. The first-order valence-electron chi connectivity index (χ1n) is 3.63. The summed E-state index contributed by atoms with van der Waals surface area (Å²) in [6.45, 7) is 1.84. The minimum atomic E-state index is -0.0250. The Hall–Kier alpha value is -1.62. The molecule has 0 atom stereocenters. The molecule has 0 bridgehead atoms. The topological polar surface area (TPSA) is 30.0 Å². The van der Waals surface area contributed by atoms with Crippen molar-refractivity contribution in [2.75, 3.05) is 0 Å². The molecule has 0 aromatic carbocycles. The molecule has 12 heavy (non-hydrogen) atoms. The molecule has 1 aromatic heterocycles. The normalized spacial score (nSPS) is 9.00. The number of ketones is 1. The van der Waals surface area contributed by atoms with Crippen LogP contribution in [-0.2, 0) is 0 Å². The van der Waals surface area contributed by atoms with Crippen molar-refractivity contribution in [2.24, 2.45) is 0 Å². The molecule has 1 heterocycles. The zero-order chi connectivity index (χ0) is 8.97. The van der Waals surface area contributed by atoms with Gasteiger partial charge in [0.1, 0.15) is 0 Å². The fourth-order valence-electron chi connectivity index (χ4n) is 0.914. The number of aryl methyl sites for hydroxylation is 1. The third-order valence-electron chi connectivity index (χ3n) is 1.48. The molecule has 2 nitrogen and oxygen atoms in total. The molecule has 0 unspecified atom stereocenters. The number of terminal acetylenes is 1. The molecular formula is C10H9NO. The Kier molecular flexibility index (Phi) is 2.60. The number of carbonyl (C=O) groups excluding carboxylic acids is 1. The molecule has 0 saturated carbocycles.